The molecule has 0 aliphatic carbocycles. The van der Waals surface area contributed by atoms with Crippen LogP contribution in [0.2, 0.25) is 0 Å². The van der Waals surface area contributed by atoms with Gasteiger partial charge >= 0.3 is 5.97 Å². The molecule has 0 saturated heterocycles. The lowest BCUT2D eigenvalue weighted by Crippen LogP contribution is -2.04. The summed E-state index contributed by atoms with van der Waals surface area (Å²) in [6.07, 6.45) is 0. The van der Waals surface area contributed by atoms with Gasteiger partial charge in [0.2, 0.25) is 0 Å². The number of carbonyl (C=O) groups is 1. The molecule has 7 heteroatoms. The van der Waals surface area contributed by atoms with Crippen molar-refractivity contribution in [2.24, 2.45) is 0 Å². The molecule has 0 aliphatic heterocycles. The van der Waals surface area contributed by atoms with Crippen LogP contribution in [-0.2, 0) is 4.74 Å². The predicted octanol–water partition coefficient (Wildman–Crippen LogP) is 3.82. The minimum absolute atomic E-state index is 0.268. The van der Waals surface area contributed by atoms with E-state index in [0.29, 0.717) is 28.8 Å². The minimum atomic E-state index is -0.449. The number of hydrogen-bond acceptors (Lipinski definition) is 5. The van der Waals surface area contributed by atoms with E-state index in [-0.39, 0.29) is 11.5 Å². The van der Waals surface area contributed by atoms with Gasteiger partial charge in [0.05, 0.1) is 12.3 Å². The highest BCUT2D eigenvalue weighted by Crippen LogP contribution is 2.32. The van der Waals surface area contributed by atoms with Crippen LogP contribution in [0.1, 0.15) is 23.2 Å². The number of carbonyl (C=O) groups excluding carboxylic acids is 1. The maximum Gasteiger partial charge on any atom is 0.357 e. The monoisotopic (exact) mass is 331 g/mol. The van der Waals surface area contributed by atoms with Gasteiger partial charge in [0.25, 0.3) is 0 Å². The van der Waals surface area contributed by atoms with Gasteiger partial charge in [0, 0.05) is 10.9 Å². The molecular formula is C16H14FN3O2S. The lowest BCUT2D eigenvalue weighted by atomic mass is 10.1. The number of rotatable bonds is 4. The molecule has 0 unspecified atom stereocenters. The molecule has 5 nitrogen and oxygen atoms in total. The van der Waals surface area contributed by atoms with Crippen molar-refractivity contribution < 1.29 is 13.9 Å². The number of imidazole rings is 1. The number of hydrogen-bond donors (Lipinski definition) is 1. The van der Waals surface area contributed by atoms with Crippen molar-refractivity contribution in [3.05, 3.63) is 47.0 Å². The summed E-state index contributed by atoms with van der Waals surface area (Å²) >= 11 is 1.32. The van der Waals surface area contributed by atoms with Crippen molar-refractivity contribution in [3.63, 3.8) is 0 Å². The van der Waals surface area contributed by atoms with Crippen molar-refractivity contribution in [2.75, 3.05) is 6.61 Å². The van der Waals surface area contributed by atoms with Gasteiger partial charge in [-0.1, -0.05) is 0 Å². The van der Waals surface area contributed by atoms with E-state index in [2.05, 4.69) is 15.0 Å². The van der Waals surface area contributed by atoms with E-state index in [0.717, 1.165) is 5.56 Å². The fourth-order valence-electron chi connectivity index (χ4n) is 2.15. The van der Waals surface area contributed by atoms with Crippen LogP contribution in [0.3, 0.4) is 0 Å². The zero-order valence-corrected chi connectivity index (χ0v) is 13.4. The summed E-state index contributed by atoms with van der Waals surface area (Å²) in [7, 11) is 0. The van der Waals surface area contributed by atoms with Gasteiger partial charge in [0.15, 0.2) is 5.69 Å². The summed E-state index contributed by atoms with van der Waals surface area (Å²) in [4.78, 5) is 23.7. The molecule has 0 amide bonds. The van der Waals surface area contributed by atoms with E-state index in [1.165, 1.54) is 23.5 Å². The zero-order valence-electron chi connectivity index (χ0n) is 12.6. The lowest BCUT2D eigenvalue weighted by molar-refractivity contribution is 0.0520. The van der Waals surface area contributed by atoms with Crippen LogP contribution in [0.5, 0.6) is 0 Å². The molecule has 23 heavy (non-hydrogen) atoms. The van der Waals surface area contributed by atoms with E-state index in [1.807, 2.05) is 6.92 Å². The highest BCUT2D eigenvalue weighted by molar-refractivity contribution is 7.13. The molecular weight excluding hydrogens is 317 g/mol. The molecule has 3 rings (SSSR count). The average molecular weight is 331 g/mol. The number of thiazole rings is 1. The van der Waals surface area contributed by atoms with Crippen LogP contribution in [0.15, 0.2) is 29.6 Å². The summed E-state index contributed by atoms with van der Waals surface area (Å²) in [6, 6.07) is 6.09. The van der Waals surface area contributed by atoms with Gasteiger partial charge in [-0.3, -0.25) is 0 Å². The van der Waals surface area contributed by atoms with E-state index in [1.54, 1.807) is 24.4 Å². The van der Waals surface area contributed by atoms with Gasteiger partial charge in [0.1, 0.15) is 22.3 Å². The number of esters is 1. The lowest BCUT2D eigenvalue weighted by Gasteiger charge is -2.00. The summed E-state index contributed by atoms with van der Waals surface area (Å²) < 4.78 is 18.1. The number of H-pyrrole nitrogens is 1. The number of benzene rings is 1. The van der Waals surface area contributed by atoms with Gasteiger partial charge in [-0.15, -0.1) is 11.3 Å². The summed E-state index contributed by atoms with van der Waals surface area (Å²) in [5.74, 6) is -0.0387. The third kappa shape index (κ3) is 3.14. The Bertz CT molecular complexity index is 839. The smallest absolute Gasteiger partial charge is 0.357 e. The summed E-state index contributed by atoms with van der Waals surface area (Å²) in [6.45, 7) is 3.88. The number of ether oxygens (including phenoxy) is 1. The van der Waals surface area contributed by atoms with Crippen molar-refractivity contribution in [1.82, 2.24) is 15.0 Å². The zero-order chi connectivity index (χ0) is 16.4. The molecule has 0 radical (unpaired) electrons. The van der Waals surface area contributed by atoms with Crippen LogP contribution < -0.4 is 0 Å². The molecule has 1 aromatic carbocycles. The molecule has 0 fully saturated rings. The standard InChI is InChI=1S/C16H14FN3O2S/c1-3-22-16(21)12-8-23-15(20-12)14-13(18-9(2)19-14)10-4-6-11(17)7-5-10/h4-8H,3H2,1-2H3,(H,18,19). The number of nitrogens with one attached hydrogen (secondary N) is 1. The predicted molar refractivity (Wildman–Crippen MR) is 85.8 cm³/mol. The van der Waals surface area contributed by atoms with Crippen molar-refractivity contribution in [1.29, 1.82) is 0 Å². The third-order valence-corrected chi connectivity index (χ3v) is 4.00. The first-order valence-corrected chi connectivity index (χ1v) is 7.92. The molecule has 1 N–H and O–H groups in total. The second-order valence-corrected chi connectivity index (χ2v) is 5.67. The van der Waals surface area contributed by atoms with Crippen molar-refractivity contribution >= 4 is 17.3 Å². The number of nitrogens with zero attached hydrogens (tertiary/aromatic N) is 2. The van der Waals surface area contributed by atoms with E-state index < -0.39 is 5.97 Å². The molecule has 0 bridgehead atoms. The Hall–Kier alpha value is -2.54. The Balaban J connectivity index is 2.01. The normalized spacial score (nSPS) is 10.7. The average Bonchev–Trinajstić information content (AvgIpc) is 3.15. The van der Waals surface area contributed by atoms with Crippen LogP contribution in [0.4, 0.5) is 4.39 Å². The highest BCUT2D eigenvalue weighted by atomic mass is 32.1. The fraction of sp³-hybridized carbons (Fsp3) is 0.188. The molecule has 0 atom stereocenters. The van der Waals surface area contributed by atoms with Crippen LogP contribution in [-0.4, -0.2) is 27.5 Å². The van der Waals surface area contributed by atoms with Crippen molar-refractivity contribution in [2.45, 2.75) is 13.8 Å². The van der Waals surface area contributed by atoms with E-state index in [9.17, 15) is 9.18 Å². The molecule has 0 aliphatic rings. The quantitative estimate of drug-likeness (QED) is 0.738. The molecule has 2 aromatic heterocycles. The number of aromatic nitrogens is 3. The molecule has 2 heterocycles. The summed E-state index contributed by atoms with van der Waals surface area (Å²) in [5.41, 5.74) is 2.42. The van der Waals surface area contributed by atoms with Crippen LogP contribution in [0, 0.1) is 12.7 Å². The van der Waals surface area contributed by atoms with E-state index >= 15 is 0 Å². The molecule has 0 saturated carbocycles. The Labute approximate surface area is 136 Å². The minimum Gasteiger partial charge on any atom is -0.461 e. The van der Waals surface area contributed by atoms with Crippen LogP contribution in [0.25, 0.3) is 22.0 Å². The van der Waals surface area contributed by atoms with Crippen molar-refractivity contribution in [3.8, 4) is 22.0 Å². The third-order valence-electron chi connectivity index (χ3n) is 3.14. The Morgan fingerprint density at radius 3 is 2.74 bits per heavy atom. The van der Waals surface area contributed by atoms with Gasteiger partial charge in [-0.2, -0.15) is 0 Å². The molecule has 0 spiro atoms. The Morgan fingerprint density at radius 2 is 2.04 bits per heavy atom. The molecule has 118 valence electrons. The maximum atomic E-state index is 13.1. The molecule has 3 aromatic rings. The van der Waals surface area contributed by atoms with E-state index in [4.69, 9.17) is 4.74 Å². The Morgan fingerprint density at radius 1 is 1.30 bits per heavy atom. The first-order valence-electron chi connectivity index (χ1n) is 7.04. The fourth-order valence-corrected chi connectivity index (χ4v) is 2.94. The second kappa shape index (κ2) is 6.29. The Kier molecular flexibility index (Phi) is 4.20. The number of aryl methyl sites for hydroxylation is 1. The van der Waals surface area contributed by atoms with Gasteiger partial charge in [-0.25, -0.2) is 19.2 Å². The van der Waals surface area contributed by atoms with Gasteiger partial charge < -0.3 is 9.72 Å². The highest BCUT2D eigenvalue weighted by Gasteiger charge is 2.18. The van der Waals surface area contributed by atoms with Gasteiger partial charge in [-0.05, 0) is 38.1 Å². The van der Waals surface area contributed by atoms with Crippen LogP contribution >= 0.6 is 11.3 Å². The first-order chi connectivity index (χ1) is 11.1. The number of halogens is 1. The second-order valence-electron chi connectivity index (χ2n) is 4.81. The topological polar surface area (TPSA) is 67.9 Å². The first kappa shape index (κ1) is 15.4. The largest absolute Gasteiger partial charge is 0.461 e. The summed E-state index contributed by atoms with van der Waals surface area (Å²) in [5, 5.41) is 2.28. The number of aromatic amines is 1. The maximum absolute atomic E-state index is 13.1. The SMILES string of the molecule is CCOC(=O)c1csc(-c2[nH]c(C)nc2-c2ccc(F)cc2)n1.